The third-order valence-electron chi connectivity index (χ3n) is 2.42. The van der Waals surface area contributed by atoms with Crippen LogP contribution in [0.15, 0.2) is 18.2 Å². The van der Waals surface area contributed by atoms with Crippen molar-refractivity contribution in [2.75, 3.05) is 0 Å². The van der Waals surface area contributed by atoms with Crippen LogP contribution >= 0.6 is 0 Å². The molecule has 0 fully saturated rings. The Morgan fingerprint density at radius 3 is 2.40 bits per heavy atom. The maximum atomic E-state index is 13.3. The van der Waals surface area contributed by atoms with E-state index in [4.69, 9.17) is 5.73 Å². The molecule has 0 saturated heterocycles. The van der Waals surface area contributed by atoms with Gasteiger partial charge in [0, 0.05) is 17.7 Å². The summed E-state index contributed by atoms with van der Waals surface area (Å²) in [5.74, 6) is -0.571. The Morgan fingerprint density at radius 2 is 1.87 bits per heavy atom. The van der Waals surface area contributed by atoms with Crippen molar-refractivity contribution in [3.05, 3.63) is 35.4 Å². The summed E-state index contributed by atoms with van der Waals surface area (Å²) in [7, 11) is 0. The van der Waals surface area contributed by atoms with Crippen molar-refractivity contribution in [2.45, 2.75) is 32.7 Å². The highest BCUT2D eigenvalue weighted by Crippen LogP contribution is 2.21. The first-order valence-corrected chi connectivity index (χ1v) is 5.21. The summed E-state index contributed by atoms with van der Waals surface area (Å²) in [5.41, 5.74) is 6.23. The van der Waals surface area contributed by atoms with Crippen LogP contribution in [0.1, 0.15) is 38.3 Å². The smallest absolute Gasteiger partial charge is 0.130 e. The molecule has 0 aromatic heterocycles. The minimum absolute atomic E-state index is 0.340. The van der Waals surface area contributed by atoms with E-state index in [1.165, 1.54) is 12.1 Å². The molecular weight excluding hydrogens is 196 g/mol. The topological polar surface area (TPSA) is 26.0 Å². The number of hydrogen-bond donors (Lipinski definition) is 1. The Labute approximate surface area is 89.3 Å². The van der Waals surface area contributed by atoms with Gasteiger partial charge in [-0.05, 0) is 24.8 Å². The Bertz CT molecular complexity index is 323. The summed E-state index contributed by atoms with van der Waals surface area (Å²) in [6.07, 6.45) is 1.66. The molecule has 0 amide bonds. The van der Waals surface area contributed by atoms with Crippen LogP contribution < -0.4 is 5.73 Å². The number of rotatable bonds is 4. The van der Waals surface area contributed by atoms with Gasteiger partial charge >= 0.3 is 0 Å². The predicted molar refractivity (Wildman–Crippen MR) is 57.4 cm³/mol. The summed E-state index contributed by atoms with van der Waals surface area (Å²) in [5, 5.41) is 0. The fourth-order valence-corrected chi connectivity index (χ4v) is 1.47. The number of benzene rings is 1. The molecule has 1 aromatic carbocycles. The Hall–Kier alpha value is -0.960. The summed E-state index contributed by atoms with van der Waals surface area (Å²) in [4.78, 5) is 0. The molecule has 1 rings (SSSR count). The summed E-state index contributed by atoms with van der Waals surface area (Å²) >= 11 is 0. The minimum atomic E-state index is -0.563. The summed E-state index contributed by atoms with van der Waals surface area (Å²) in [6, 6.07) is 3.21. The molecule has 84 valence electrons. The van der Waals surface area contributed by atoms with Crippen molar-refractivity contribution < 1.29 is 8.78 Å². The van der Waals surface area contributed by atoms with Crippen LogP contribution in [0, 0.1) is 17.6 Å². The SMILES string of the molecule is CC(C)CC[C@@H](N)c1ccc(F)cc1F. The van der Waals surface area contributed by atoms with Crippen molar-refractivity contribution in [2.24, 2.45) is 11.7 Å². The van der Waals surface area contributed by atoms with Gasteiger partial charge < -0.3 is 5.73 Å². The molecular formula is C12H17F2N. The highest BCUT2D eigenvalue weighted by Gasteiger charge is 2.12. The zero-order chi connectivity index (χ0) is 11.4. The lowest BCUT2D eigenvalue weighted by Gasteiger charge is -2.14. The first-order chi connectivity index (χ1) is 7.00. The van der Waals surface area contributed by atoms with Crippen molar-refractivity contribution in [1.29, 1.82) is 0 Å². The van der Waals surface area contributed by atoms with E-state index in [0.717, 1.165) is 18.9 Å². The highest BCUT2D eigenvalue weighted by molar-refractivity contribution is 5.21. The lowest BCUT2D eigenvalue weighted by atomic mass is 9.98. The molecule has 0 radical (unpaired) electrons. The lowest BCUT2D eigenvalue weighted by Crippen LogP contribution is -2.13. The van der Waals surface area contributed by atoms with E-state index < -0.39 is 11.6 Å². The number of halogens is 2. The van der Waals surface area contributed by atoms with Crippen LogP contribution in [-0.2, 0) is 0 Å². The van der Waals surface area contributed by atoms with Crippen molar-refractivity contribution in [3.8, 4) is 0 Å². The molecule has 1 aromatic rings. The first-order valence-electron chi connectivity index (χ1n) is 5.21. The maximum absolute atomic E-state index is 13.3. The number of hydrogen-bond acceptors (Lipinski definition) is 1. The van der Waals surface area contributed by atoms with Gasteiger partial charge in [-0.1, -0.05) is 19.9 Å². The molecule has 0 aliphatic carbocycles. The molecule has 0 heterocycles. The van der Waals surface area contributed by atoms with E-state index in [-0.39, 0.29) is 6.04 Å². The van der Waals surface area contributed by atoms with Crippen LogP contribution in [0.5, 0.6) is 0 Å². The van der Waals surface area contributed by atoms with E-state index in [9.17, 15) is 8.78 Å². The molecule has 0 spiro atoms. The second-order valence-electron chi connectivity index (χ2n) is 4.24. The quantitative estimate of drug-likeness (QED) is 0.815. The second kappa shape index (κ2) is 5.21. The van der Waals surface area contributed by atoms with Crippen molar-refractivity contribution in [1.82, 2.24) is 0 Å². The van der Waals surface area contributed by atoms with Gasteiger partial charge in [0.05, 0.1) is 0 Å². The standard InChI is InChI=1S/C12H17F2N/c1-8(2)3-6-12(15)10-5-4-9(13)7-11(10)14/h4-5,7-8,12H,3,6,15H2,1-2H3/t12-/m1/s1. The minimum Gasteiger partial charge on any atom is -0.324 e. The molecule has 0 aliphatic heterocycles. The van der Waals surface area contributed by atoms with Gasteiger partial charge in [0.25, 0.3) is 0 Å². The molecule has 0 aliphatic rings. The van der Waals surface area contributed by atoms with E-state index in [0.29, 0.717) is 11.5 Å². The number of nitrogens with two attached hydrogens (primary N) is 1. The third kappa shape index (κ3) is 3.59. The average molecular weight is 213 g/mol. The van der Waals surface area contributed by atoms with Crippen LogP contribution in [-0.4, -0.2) is 0 Å². The van der Waals surface area contributed by atoms with Crippen LogP contribution in [0.3, 0.4) is 0 Å². The highest BCUT2D eigenvalue weighted by atomic mass is 19.1. The van der Waals surface area contributed by atoms with Gasteiger partial charge in [-0.25, -0.2) is 8.78 Å². The molecule has 2 N–H and O–H groups in total. The fourth-order valence-electron chi connectivity index (χ4n) is 1.47. The first kappa shape index (κ1) is 12.1. The molecule has 3 heteroatoms. The molecule has 15 heavy (non-hydrogen) atoms. The van der Waals surface area contributed by atoms with E-state index in [1.807, 2.05) is 0 Å². The van der Waals surface area contributed by atoms with Gasteiger partial charge in [-0.15, -0.1) is 0 Å². The van der Waals surface area contributed by atoms with Crippen LogP contribution in [0.25, 0.3) is 0 Å². The predicted octanol–water partition coefficient (Wildman–Crippen LogP) is 3.40. The largest absolute Gasteiger partial charge is 0.324 e. The Kier molecular flexibility index (Phi) is 4.21. The Morgan fingerprint density at radius 1 is 1.20 bits per heavy atom. The summed E-state index contributed by atoms with van der Waals surface area (Å²) < 4.78 is 25.9. The fraction of sp³-hybridized carbons (Fsp3) is 0.500. The van der Waals surface area contributed by atoms with Crippen molar-refractivity contribution in [3.63, 3.8) is 0 Å². The van der Waals surface area contributed by atoms with Gasteiger partial charge in [0.2, 0.25) is 0 Å². The zero-order valence-electron chi connectivity index (χ0n) is 9.13. The maximum Gasteiger partial charge on any atom is 0.130 e. The van der Waals surface area contributed by atoms with Crippen molar-refractivity contribution >= 4 is 0 Å². The normalized spacial score (nSPS) is 13.2. The van der Waals surface area contributed by atoms with Gasteiger partial charge in [0.15, 0.2) is 0 Å². The van der Waals surface area contributed by atoms with Gasteiger partial charge in [-0.2, -0.15) is 0 Å². The van der Waals surface area contributed by atoms with E-state index in [2.05, 4.69) is 13.8 Å². The third-order valence-corrected chi connectivity index (χ3v) is 2.42. The van der Waals surface area contributed by atoms with Crippen LogP contribution in [0.2, 0.25) is 0 Å². The average Bonchev–Trinajstić information content (AvgIpc) is 2.14. The molecule has 1 nitrogen and oxygen atoms in total. The zero-order valence-corrected chi connectivity index (χ0v) is 9.13. The molecule has 0 unspecified atom stereocenters. The molecule has 0 saturated carbocycles. The second-order valence-corrected chi connectivity index (χ2v) is 4.24. The van der Waals surface area contributed by atoms with E-state index >= 15 is 0 Å². The monoisotopic (exact) mass is 213 g/mol. The molecule has 0 bridgehead atoms. The Balaban J connectivity index is 2.69. The van der Waals surface area contributed by atoms with Gasteiger partial charge in [0.1, 0.15) is 11.6 Å². The van der Waals surface area contributed by atoms with Crippen LogP contribution in [0.4, 0.5) is 8.78 Å². The lowest BCUT2D eigenvalue weighted by molar-refractivity contribution is 0.487. The molecule has 1 atom stereocenters. The van der Waals surface area contributed by atoms with E-state index in [1.54, 1.807) is 0 Å². The van der Waals surface area contributed by atoms with Gasteiger partial charge in [-0.3, -0.25) is 0 Å². The summed E-state index contributed by atoms with van der Waals surface area (Å²) in [6.45, 7) is 4.18.